The Morgan fingerprint density at radius 2 is 2.18 bits per heavy atom. The number of nitrogens with zero attached hydrogens (tertiary/aromatic N) is 3. The van der Waals surface area contributed by atoms with E-state index in [4.69, 9.17) is 0 Å². The van der Waals surface area contributed by atoms with Crippen molar-refractivity contribution in [1.82, 2.24) is 20.3 Å². The van der Waals surface area contributed by atoms with Gasteiger partial charge in [0.2, 0.25) is 0 Å². The van der Waals surface area contributed by atoms with Crippen LogP contribution in [0.15, 0.2) is 24.4 Å². The molecule has 17 heavy (non-hydrogen) atoms. The number of fused-ring (bicyclic) bond motifs is 1. The van der Waals surface area contributed by atoms with Crippen LogP contribution in [-0.2, 0) is 13.0 Å². The van der Waals surface area contributed by atoms with Crippen LogP contribution in [0.3, 0.4) is 0 Å². The van der Waals surface area contributed by atoms with Gasteiger partial charge >= 0.3 is 0 Å². The lowest BCUT2D eigenvalue weighted by Crippen LogP contribution is -2.26. The fourth-order valence-corrected chi connectivity index (χ4v) is 2.18. The third-order valence-electron chi connectivity index (χ3n) is 2.95. The molecule has 4 heteroatoms. The molecule has 0 spiro atoms. The van der Waals surface area contributed by atoms with Gasteiger partial charge in [0.25, 0.3) is 0 Å². The fraction of sp³-hybridized carbons (Fsp3) is 0.308. The maximum Gasteiger partial charge on any atom is 0.126 e. The summed E-state index contributed by atoms with van der Waals surface area (Å²) in [7, 11) is 0. The third-order valence-corrected chi connectivity index (χ3v) is 2.95. The van der Waals surface area contributed by atoms with E-state index in [0.29, 0.717) is 0 Å². The van der Waals surface area contributed by atoms with Crippen LogP contribution in [-0.4, -0.2) is 21.5 Å². The lowest BCUT2D eigenvalue weighted by molar-refractivity contribution is 0.624. The van der Waals surface area contributed by atoms with E-state index in [1.165, 1.54) is 5.56 Å². The van der Waals surface area contributed by atoms with Gasteiger partial charge in [0.05, 0.1) is 17.1 Å². The van der Waals surface area contributed by atoms with Crippen molar-refractivity contribution in [2.45, 2.75) is 19.9 Å². The summed E-state index contributed by atoms with van der Waals surface area (Å²) in [6.45, 7) is 3.77. The molecule has 1 aliphatic rings. The van der Waals surface area contributed by atoms with Crippen LogP contribution in [0.4, 0.5) is 0 Å². The molecule has 0 fully saturated rings. The lowest BCUT2D eigenvalue weighted by Gasteiger charge is -2.19. The van der Waals surface area contributed by atoms with Crippen molar-refractivity contribution in [3.05, 3.63) is 41.5 Å². The number of nitrogens with one attached hydrogen (secondary N) is 1. The molecule has 0 unspecified atom stereocenters. The number of pyridine rings is 1. The van der Waals surface area contributed by atoms with Crippen LogP contribution in [0, 0.1) is 6.92 Å². The van der Waals surface area contributed by atoms with Crippen LogP contribution in [0.1, 0.15) is 17.1 Å². The van der Waals surface area contributed by atoms with Gasteiger partial charge in [-0.05, 0) is 19.1 Å². The van der Waals surface area contributed by atoms with E-state index in [9.17, 15) is 0 Å². The summed E-state index contributed by atoms with van der Waals surface area (Å²) < 4.78 is 0. The van der Waals surface area contributed by atoms with Gasteiger partial charge in [0, 0.05) is 31.3 Å². The minimum atomic E-state index is 0.825. The van der Waals surface area contributed by atoms with Crippen LogP contribution in [0.2, 0.25) is 0 Å². The Kier molecular flexibility index (Phi) is 2.57. The van der Waals surface area contributed by atoms with E-state index in [1.807, 2.05) is 25.1 Å². The van der Waals surface area contributed by atoms with E-state index >= 15 is 0 Å². The second kappa shape index (κ2) is 4.22. The molecule has 0 aliphatic carbocycles. The van der Waals surface area contributed by atoms with Gasteiger partial charge < -0.3 is 5.32 Å². The summed E-state index contributed by atoms with van der Waals surface area (Å²) in [6, 6.07) is 5.90. The number of hydrogen-bond acceptors (Lipinski definition) is 4. The molecule has 0 amide bonds. The predicted octanol–water partition coefficient (Wildman–Crippen LogP) is 1.49. The molecule has 1 aliphatic heterocycles. The molecule has 0 radical (unpaired) electrons. The first-order valence-electron chi connectivity index (χ1n) is 5.83. The zero-order chi connectivity index (χ0) is 11.7. The molecule has 0 bridgehead atoms. The van der Waals surface area contributed by atoms with Gasteiger partial charge in [-0.3, -0.25) is 4.98 Å². The summed E-state index contributed by atoms with van der Waals surface area (Å²) in [5.41, 5.74) is 4.26. The monoisotopic (exact) mass is 226 g/mol. The molecule has 0 aromatic carbocycles. The van der Waals surface area contributed by atoms with E-state index < -0.39 is 0 Å². The highest BCUT2D eigenvalue weighted by molar-refractivity contribution is 5.60. The Morgan fingerprint density at radius 3 is 3.00 bits per heavy atom. The molecular weight excluding hydrogens is 212 g/mol. The maximum atomic E-state index is 4.54. The summed E-state index contributed by atoms with van der Waals surface area (Å²) >= 11 is 0. The van der Waals surface area contributed by atoms with E-state index in [-0.39, 0.29) is 0 Å². The third kappa shape index (κ3) is 1.91. The highest BCUT2D eigenvalue weighted by atomic mass is 15.0. The van der Waals surface area contributed by atoms with Crippen molar-refractivity contribution >= 4 is 0 Å². The van der Waals surface area contributed by atoms with Gasteiger partial charge in [-0.2, -0.15) is 0 Å². The normalized spacial score (nSPS) is 14.4. The molecule has 86 valence electrons. The highest BCUT2D eigenvalue weighted by Gasteiger charge is 2.17. The summed E-state index contributed by atoms with van der Waals surface area (Å²) in [4.78, 5) is 13.4. The van der Waals surface area contributed by atoms with Gasteiger partial charge in [-0.1, -0.05) is 6.07 Å². The van der Waals surface area contributed by atoms with Crippen molar-refractivity contribution in [2.75, 3.05) is 6.54 Å². The smallest absolute Gasteiger partial charge is 0.126 e. The van der Waals surface area contributed by atoms with Crippen molar-refractivity contribution in [3.63, 3.8) is 0 Å². The molecule has 2 aromatic rings. The van der Waals surface area contributed by atoms with Crippen molar-refractivity contribution < 1.29 is 0 Å². The van der Waals surface area contributed by atoms with Gasteiger partial charge in [-0.25, -0.2) is 9.97 Å². The molecule has 3 rings (SSSR count). The Bertz CT molecular complexity index is 537. The van der Waals surface area contributed by atoms with Crippen molar-refractivity contribution in [1.29, 1.82) is 0 Å². The van der Waals surface area contributed by atoms with Crippen LogP contribution >= 0.6 is 0 Å². The SMILES string of the molecule is Cc1nc2c(c(-c3ccccn3)n1)CNCC2. The van der Waals surface area contributed by atoms with E-state index in [2.05, 4.69) is 20.3 Å². The topological polar surface area (TPSA) is 50.7 Å². The molecule has 0 saturated carbocycles. The second-order valence-corrected chi connectivity index (χ2v) is 4.19. The standard InChI is InChI=1S/C13H14N4/c1-9-16-11-5-7-14-8-10(11)13(17-9)12-4-2-3-6-15-12/h2-4,6,14H,5,7-8H2,1H3. The first kappa shape index (κ1) is 10.4. The summed E-state index contributed by atoms with van der Waals surface area (Å²) in [5, 5.41) is 3.36. The van der Waals surface area contributed by atoms with Crippen molar-refractivity contribution in [2.24, 2.45) is 0 Å². The van der Waals surface area contributed by atoms with E-state index in [0.717, 1.165) is 42.4 Å². The van der Waals surface area contributed by atoms with Gasteiger partial charge in [0.15, 0.2) is 0 Å². The quantitative estimate of drug-likeness (QED) is 0.800. The number of hydrogen-bond donors (Lipinski definition) is 1. The van der Waals surface area contributed by atoms with Crippen LogP contribution in [0.25, 0.3) is 11.4 Å². The average Bonchev–Trinajstić information content (AvgIpc) is 2.39. The molecule has 3 heterocycles. The Labute approximate surface area is 100 Å². The predicted molar refractivity (Wildman–Crippen MR) is 65.4 cm³/mol. The average molecular weight is 226 g/mol. The maximum absolute atomic E-state index is 4.54. The van der Waals surface area contributed by atoms with E-state index in [1.54, 1.807) is 6.20 Å². The lowest BCUT2D eigenvalue weighted by atomic mass is 10.0. The first-order valence-corrected chi connectivity index (χ1v) is 5.83. The zero-order valence-corrected chi connectivity index (χ0v) is 9.77. The number of rotatable bonds is 1. The minimum absolute atomic E-state index is 0.825. The number of aromatic nitrogens is 3. The molecule has 0 atom stereocenters. The minimum Gasteiger partial charge on any atom is -0.312 e. The molecular formula is C13H14N4. The highest BCUT2D eigenvalue weighted by Crippen LogP contribution is 2.23. The molecule has 2 aromatic heterocycles. The zero-order valence-electron chi connectivity index (χ0n) is 9.77. The van der Waals surface area contributed by atoms with Crippen molar-refractivity contribution in [3.8, 4) is 11.4 Å². The Hall–Kier alpha value is -1.81. The molecule has 1 N–H and O–H groups in total. The Balaban J connectivity index is 2.19. The van der Waals surface area contributed by atoms with Gasteiger partial charge in [0.1, 0.15) is 5.82 Å². The second-order valence-electron chi connectivity index (χ2n) is 4.19. The molecule has 4 nitrogen and oxygen atoms in total. The fourth-order valence-electron chi connectivity index (χ4n) is 2.18. The Morgan fingerprint density at radius 1 is 1.24 bits per heavy atom. The van der Waals surface area contributed by atoms with Crippen LogP contribution < -0.4 is 5.32 Å². The summed E-state index contributed by atoms with van der Waals surface area (Å²) in [5.74, 6) is 0.825. The van der Waals surface area contributed by atoms with Gasteiger partial charge in [-0.15, -0.1) is 0 Å². The first-order chi connectivity index (χ1) is 8.34. The number of aryl methyl sites for hydroxylation is 1. The summed E-state index contributed by atoms with van der Waals surface area (Å²) in [6.07, 6.45) is 2.77. The molecule has 0 saturated heterocycles. The largest absolute Gasteiger partial charge is 0.312 e. The van der Waals surface area contributed by atoms with Crippen LogP contribution in [0.5, 0.6) is 0 Å².